The van der Waals surface area contributed by atoms with E-state index in [2.05, 4.69) is 24.4 Å². The Balaban J connectivity index is 2.18. The van der Waals surface area contributed by atoms with Crippen LogP contribution in [0.15, 0.2) is 48.5 Å². The summed E-state index contributed by atoms with van der Waals surface area (Å²) in [6, 6.07) is 16.3. The van der Waals surface area contributed by atoms with Crippen LogP contribution in [0, 0.1) is 6.92 Å². The Morgan fingerprint density at radius 1 is 1.11 bits per heavy atom. The summed E-state index contributed by atoms with van der Waals surface area (Å²) in [4.78, 5) is 0. The van der Waals surface area contributed by atoms with Crippen LogP contribution < -0.4 is 5.32 Å². The molecule has 0 saturated heterocycles. The van der Waals surface area contributed by atoms with Crippen LogP contribution in [0.1, 0.15) is 30.5 Å². The number of hydrogen-bond acceptors (Lipinski definition) is 2. The summed E-state index contributed by atoms with van der Waals surface area (Å²) in [7, 11) is 0. The Bertz CT molecular complexity index is 508. The van der Waals surface area contributed by atoms with Gasteiger partial charge in [-0.2, -0.15) is 0 Å². The Hall–Kier alpha value is -1.96. The topological polar surface area (TPSA) is 32.3 Å². The molecule has 0 heterocycles. The van der Waals surface area contributed by atoms with Gasteiger partial charge < -0.3 is 10.4 Å². The molecule has 1 atom stereocenters. The molecule has 0 aliphatic rings. The zero-order valence-corrected chi connectivity index (χ0v) is 10.9. The van der Waals surface area contributed by atoms with Crippen LogP contribution in [0.25, 0.3) is 0 Å². The standard InChI is InChI=1S/C16H19NO/c1-3-15(13-7-5-4-6-8-13)17-14-10-9-12(2)16(18)11-14/h4-11,15,17-18H,3H2,1-2H3. The van der Waals surface area contributed by atoms with E-state index in [4.69, 9.17) is 0 Å². The van der Waals surface area contributed by atoms with E-state index in [-0.39, 0.29) is 6.04 Å². The first-order chi connectivity index (χ1) is 8.70. The molecular formula is C16H19NO. The minimum atomic E-state index is 0.272. The van der Waals surface area contributed by atoms with Crippen molar-refractivity contribution in [1.82, 2.24) is 0 Å². The summed E-state index contributed by atoms with van der Waals surface area (Å²) in [6.07, 6.45) is 0.999. The lowest BCUT2D eigenvalue weighted by Gasteiger charge is -2.19. The molecule has 2 heteroatoms. The minimum absolute atomic E-state index is 0.272. The number of nitrogens with one attached hydrogen (secondary N) is 1. The van der Waals surface area contributed by atoms with Crippen LogP contribution in [-0.4, -0.2) is 5.11 Å². The second kappa shape index (κ2) is 5.58. The number of aryl methyl sites for hydroxylation is 1. The molecule has 0 amide bonds. The molecule has 0 radical (unpaired) electrons. The van der Waals surface area contributed by atoms with Crippen molar-refractivity contribution in [2.24, 2.45) is 0 Å². The lowest BCUT2D eigenvalue weighted by Crippen LogP contribution is -2.09. The first-order valence-electron chi connectivity index (χ1n) is 6.32. The fraction of sp³-hybridized carbons (Fsp3) is 0.250. The maximum absolute atomic E-state index is 9.72. The molecule has 2 aromatic carbocycles. The van der Waals surface area contributed by atoms with Crippen molar-refractivity contribution in [2.75, 3.05) is 5.32 Å². The summed E-state index contributed by atoms with van der Waals surface area (Å²) in [5.74, 6) is 0.336. The van der Waals surface area contributed by atoms with Gasteiger partial charge in [0.25, 0.3) is 0 Å². The number of aromatic hydroxyl groups is 1. The van der Waals surface area contributed by atoms with Crippen molar-refractivity contribution in [3.05, 3.63) is 59.7 Å². The number of phenols is 1. The molecule has 2 nitrogen and oxygen atoms in total. The van der Waals surface area contributed by atoms with Gasteiger partial charge in [0.15, 0.2) is 0 Å². The lowest BCUT2D eigenvalue weighted by molar-refractivity contribution is 0.471. The smallest absolute Gasteiger partial charge is 0.120 e. The van der Waals surface area contributed by atoms with Gasteiger partial charge in [-0.15, -0.1) is 0 Å². The number of phenolic OH excluding ortho intramolecular Hbond substituents is 1. The van der Waals surface area contributed by atoms with Crippen molar-refractivity contribution in [1.29, 1.82) is 0 Å². The van der Waals surface area contributed by atoms with Crippen LogP contribution in [0.2, 0.25) is 0 Å². The van der Waals surface area contributed by atoms with Gasteiger partial charge in [0.1, 0.15) is 5.75 Å². The highest BCUT2D eigenvalue weighted by molar-refractivity contribution is 5.52. The van der Waals surface area contributed by atoms with Gasteiger partial charge in [0.2, 0.25) is 0 Å². The highest BCUT2D eigenvalue weighted by atomic mass is 16.3. The van der Waals surface area contributed by atoms with Gasteiger partial charge >= 0.3 is 0 Å². The van der Waals surface area contributed by atoms with Gasteiger partial charge in [0.05, 0.1) is 6.04 Å². The van der Waals surface area contributed by atoms with Crippen molar-refractivity contribution < 1.29 is 5.11 Å². The molecule has 0 bridgehead atoms. The van der Waals surface area contributed by atoms with E-state index in [1.54, 1.807) is 6.07 Å². The Morgan fingerprint density at radius 3 is 2.44 bits per heavy atom. The van der Waals surface area contributed by atoms with Crippen molar-refractivity contribution in [3.8, 4) is 5.75 Å². The van der Waals surface area contributed by atoms with Crippen molar-refractivity contribution in [3.63, 3.8) is 0 Å². The van der Waals surface area contributed by atoms with E-state index in [0.717, 1.165) is 17.7 Å². The molecule has 2 rings (SSSR count). The molecule has 0 aliphatic heterocycles. The molecule has 94 valence electrons. The monoisotopic (exact) mass is 241 g/mol. The van der Waals surface area contributed by atoms with Gasteiger partial charge in [-0.25, -0.2) is 0 Å². The van der Waals surface area contributed by atoms with Crippen LogP contribution in [0.5, 0.6) is 5.75 Å². The Morgan fingerprint density at radius 2 is 1.83 bits per heavy atom. The summed E-state index contributed by atoms with van der Waals surface area (Å²) < 4.78 is 0. The van der Waals surface area contributed by atoms with Gasteiger partial charge in [-0.1, -0.05) is 43.3 Å². The molecule has 0 fully saturated rings. The van der Waals surface area contributed by atoms with E-state index in [9.17, 15) is 5.11 Å². The largest absolute Gasteiger partial charge is 0.508 e. The number of hydrogen-bond donors (Lipinski definition) is 2. The van der Waals surface area contributed by atoms with Crippen LogP contribution in [0.4, 0.5) is 5.69 Å². The van der Waals surface area contributed by atoms with Crippen LogP contribution in [0.3, 0.4) is 0 Å². The maximum atomic E-state index is 9.72. The van der Waals surface area contributed by atoms with Crippen molar-refractivity contribution in [2.45, 2.75) is 26.3 Å². The van der Waals surface area contributed by atoms with E-state index >= 15 is 0 Å². The fourth-order valence-electron chi connectivity index (χ4n) is 2.01. The quantitative estimate of drug-likeness (QED) is 0.838. The van der Waals surface area contributed by atoms with E-state index < -0.39 is 0 Å². The third-order valence-corrected chi connectivity index (χ3v) is 3.16. The second-order valence-corrected chi connectivity index (χ2v) is 4.52. The summed E-state index contributed by atoms with van der Waals surface area (Å²) in [5, 5.41) is 13.2. The maximum Gasteiger partial charge on any atom is 0.120 e. The SMILES string of the molecule is CCC(Nc1ccc(C)c(O)c1)c1ccccc1. The third-order valence-electron chi connectivity index (χ3n) is 3.16. The number of benzene rings is 2. The summed E-state index contributed by atoms with van der Waals surface area (Å²) in [5.41, 5.74) is 3.11. The zero-order chi connectivity index (χ0) is 13.0. The first kappa shape index (κ1) is 12.5. The third kappa shape index (κ3) is 2.83. The molecule has 18 heavy (non-hydrogen) atoms. The second-order valence-electron chi connectivity index (χ2n) is 4.52. The normalized spacial score (nSPS) is 12.1. The van der Waals surface area contributed by atoms with Gasteiger partial charge in [-0.3, -0.25) is 0 Å². The van der Waals surface area contributed by atoms with E-state index in [1.165, 1.54) is 5.56 Å². The molecule has 0 spiro atoms. The molecule has 1 unspecified atom stereocenters. The predicted molar refractivity (Wildman–Crippen MR) is 75.9 cm³/mol. The predicted octanol–water partition coefficient (Wildman–Crippen LogP) is 4.26. The van der Waals surface area contributed by atoms with Crippen LogP contribution >= 0.6 is 0 Å². The number of rotatable bonds is 4. The fourth-order valence-corrected chi connectivity index (χ4v) is 2.01. The van der Waals surface area contributed by atoms with E-state index in [0.29, 0.717) is 5.75 Å². The molecule has 2 N–H and O–H groups in total. The van der Waals surface area contributed by atoms with Crippen molar-refractivity contribution >= 4 is 5.69 Å². The molecule has 0 aromatic heterocycles. The minimum Gasteiger partial charge on any atom is -0.508 e. The molecular weight excluding hydrogens is 222 g/mol. The average molecular weight is 241 g/mol. The van der Waals surface area contributed by atoms with Crippen LogP contribution in [-0.2, 0) is 0 Å². The lowest BCUT2D eigenvalue weighted by atomic mass is 10.0. The molecule has 0 aliphatic carbocycles. The average Bonchev–Trinajstić information content (AvgIpc) is 2.41. The molecule has 2 aromatic rings. The first-order valence-corrected chi connectivity index (χ1v) is 6.32. The summed E-state index contributed by atoms with van der Waals surface area (Å²) in [6.45, 7) is 4.05. The Kier molecular flexibility index (Phi) is 3.88. The van der Waals surface area contributed by atoms with Gasteiger partial charge in [-0.05, 0) is 30.5 Å². The highest BCUT2D eigenvalue weighted by Gasteiger charge is 2.09. The number of anilines is 1. The van der Waals surface area contributed by atoms with E-state index in [1.807, 2.05) is 37.3 Å². The molecule has 0 saturated carbocycles. The highest BCUT2D eigenvalue weighted by Crippen LogP contribution is 2.26. The van der Waals surface area contributed by atoms with Gasteiger partial charge in [0, 0.05) is 11.8 Å². The Labute approximate surface area is 108 Å². The zero-order valence-electron chi connectivity index (χ0n) is 10.9. The summed E-state index contributed by atoms with van der Waals surface area (Å²) >= 11 is 0.